The Morgan fingerprint density at radius 2 is 1.88 bits per heavy atom. The number of aromatic nitrogens is 3. The highest BCUT2D eigenvalue weighted by Crippen LogP contribution is 2.51. The molecular weight excluding hydrogens is 652 g/mol. The van der Waals surface area contributed by atoms with Crippen LogP contribution in [0.4, 0.5) is 14.6 Å². The highest BCUT2D eigenvalue weighted by atomic mass is 19.1. The predicted molar refractivity (Wildman–Crippen MR) is 193 cm³/mol. The van der Waals surface area contributed by atoms with Crippen LogP contribution in [-0.4, -0.2) is 90.2 Å². The van der Waals surface area contributed by atoms with E-state index >= 15 is 8.78 Å². The molecule has 8 rings (SSSR count). The molecule has 0 spiro atoms. The maximum Gasteiger partial charge on any atom is 0.319 e. The van der Waals surface area contributed by atoms with E-state index in [1.165, 1.54) is 12.1 Å². The number of rotatable bonds is 9. The van der Waals surface area contributed by atoms with Gasteiger partial charge in [-0.3, -0.25) is 9.88 Å². The second-order valence-electron chi connectivity index (χ2n) is 15.6. The molecule has 9 nitrogen and oxygen atoms in total. The first-order valence-corrected chi connectivity index (χ1v) is 18.7. The van der Waals surface area contributed by atoms with Crippen LogP contribution < -0.4 is 9.64 Å². The first kappa shape index (κ1) is 34.4. The zero-order valence-electron chi connectivity index (χ0n) is 30.0. The van der Waals surface area contributed by atoms with Crippen LogP contribution in [0.25, 0.3) is 32.9 Å². The zero-order valence-corrected chi connectivity index (χ0v) is 30.0. The van der Waals surface area contributed by atoms with Crippen LogP contribution in [0.15, 0.2) is 30.5 Å². The summed E-state index contributed by atoms with van der Waals surface area (Å²) in [7, 11) is 1.81. The molecule has 2 aromatic heterocycles. The minimum atomic E-state index is -0.658. The molecule has 51 heavy (non-hydrogen) atoms. The molecule has 4 heterocycles. The number of halogens is 2. The molecule has 0 bridgehead atoms. The molecule has 4 aliphatic rings. The van der Waals surface area contributed by atoms with Gasteiger partial charge in [0.1, 0.15) is 28.6 Å². The number of fused-ring (bicyclic) bond motifs is 3. The van der Waals surface area contributed by atoms with Crippen molar-refractivity contribution in [1.82, 2.24) is 19.9 Å². The molecule has 2 aromatic carbocycles. The molecule has 0 radical (unpaired) electrons. The van der Waals surface area contributed by atoms with E-state index in [9.17, 15) is 5.11 Å². The van der Waals surface area contributed by atoms with Crippen molar-refractivity contribution in [3.8, 4) is 23.0 Å². The number of pyridine rings is 1. The number of likely N-dealkylation sites (tertiary alicyclic amines) is 1. The van der Waals surface area contributed by atoms with Gasteiger partial charge >= 0.3 is 6.01 Å². The second-order valence-corrected chi connectivity index (χ2v) is 15.6. The summed E-state index contributed by atoms with van der Waals surface area (Å²) in [6, 6.07) is 6.57. The average molecular weight is 702 g/mol. The molecule has 4 aromatic rings. The molecule has 272 valence electrons. The van der Waals surface area contributed by atoms with Gasteiger partial charge in [0.25, 0.3) is 0 Å². The van der Waals surface area contributed by atoms with Crippen LogP contribution in [-0.2, 0) is 15.9 Å². The third-order valence-electron chi connectivity index (χ3n) is 12.2. The van der Waals surface area contributed by atoms with Crippen LogP contribution in [0, 0.1) is 22.5 Å². The standard InChI is InChI=1S/C40H49F2N5O4/c1-4-28-31(41)10-9-25-18-26(48)19-29(33(25)28)35-34(42)36-30(22-43-35)37(46-14-7-16-50-17-15-46)45-38(44-36)51-24-40-11-5-8-32(40)47(13-6-12-40)23-39(2)20-27(21-39)49-3/h9-10,18-19,22,27,32,48H,4-8,11-17,20-21,23-24H2,1-3H3. The third kappa shape index (κ3) is 6.29. The minimum absolute atomic E-state index is 0.00364. The number of ether oxygens (including phenoxy) is 3. The lowest BCUT2D eigenvalue weighted by Crippen LogP contribution is -2.57. The van der Waals surface area contributed by atoms with Crippen molar-refractivity contribution in [2.24, 2.45) is 10.8 Å². The Balaban J connectivity index is 1.17. The summed E-state index contributed by atoms with van der Waals surface area (Å²) in [5.74, 6) is -0.528. The monoisotopic (exact) mass is 701 g/mol. The Kier molecular flexibility index (Phi) is 9.25. The van der Waals surface area contributed by atoms with Crippen LogP contribution in [0.1, 0.15) is 70.8 Å². The van der Waals surface area contributed by atoms with Crippen molar-refractivity contribution in [3.05, 3.63) is 47.7 Å². The van der Waals surface area contributed by atoms with Gasteiger partial charge in [0, 0.05) is 56.6 Å². The van der Waals surface area contributed by atoms with Crippen LogP contribution >= 0.6 is 0 Å². The fourth-order valence-electron chi connectivity index (χ4n) is 9.74. The van der Waals surface area contributed by atoms with E-state index in [0.29, 0.717) is 84.6 Å². The van der Waals surface area contributed by atoms with E-state index in [-0.39, 0.29) is 39.6 Å². The van der Waals surface area contributed by atoms with Gasteiger partial charge in [0.05, 0.1) is 24.7 Å². The van der Waals surface area contributed by atoms with Crippen molar-refractivity contribution in [2.45, 2.75) is 83.8 Å². The first-order chi connectivity index (χ1) is 24.7. The van der Waals surface area contributed by atoms with Gasteiger partial charge in [-0.25, -0.2) is 8.78 Å². The van der Waals surface area contributed by atoms with Gasteiger partial charge < -0.3 is 24.2 Å². The van der Waals surface area contributed by atoms with Gasteiger partial charge in [0.2, 0.25) is 0 Å². The molecule has 2 saturated heterocycles. The summed E-state index contributed by atoms with van der Waals surface area (Å²) in [6.07, 6.45) is 10.9. The molecule has 0 amide bonds. The minimum Gasteiger partial charge on any atom is -0.508 e. The Labute approximate surface area is 298 Å². The molecular formula is C40H49F2N5O4. The number of phenols is 1. The lowest BCUT2D eigenvalue weighted by atomic mass is 9.66. The highest BCUT2D eigenvalue weighted by molar-refractivity contribution is 6.01. The van der Waals surface area contributed by atoms with Crippen molar-refractivity contribution in [2.75, 3.05) is 58.0 Å². The fraction of sp³-hybridized carbons (Fsp3) is 0.575. The summed E-state index contributed by atoms with van der Waals surface area (Å²) in [6.45, 7) is 9.34. The summed E-state index contributed by atoms with van der Waals surface area (Å²) in [4.78, 5) is 19.1. The lowest BCUT2D eigenvalue weighted by molar-refractivity contribution is -0.0877. The van der Waals surface area contributed by atoms with E-state index in [0.717, 1.165) is 64.5 Å². The van der Waals surface area contributed by atoms with Crippen molar-refractivity contribution >= 4 is 27.5 Å². The molecule has 2 saturated carbocycles. The Morgan fingerprint density at radius 1 is 1.04 bits per heavy atom. The smallest absolute Gasteiger partial charge is 0.319 e. The summed E-state index contributed by atoms with van der Waals surface area (Å²) in [5, 5.41) is 12.3. The largest absolute Gasteiger partial charge is 0.508 e. The zero-order chi connectivity index (χ0) is 35.3. The molecule has 11 heteroatoms. The molecule has 1 N–H and O–H groups in total. The molecule has 2 atom stereocenters. The summed E-state index contributed by atoms with van der Waals surface area (Å²) >= 11 is 0. The highest BCUT2D eigenvalue weighted by Gasteiger charge is 2.51. The Bertz CT molecular complexity index is 1930. The number of aromatic hydroxyl groups is 1. The van der Waals surface area contributed by atoms with E-state index in [4.69, 9.17) is 24.2 Å². The van der Waals surface area contributed by atoms with Crippen molar-refractivity contribution in [3.63, 3.8) is 0 Å². The Hall–Kier alpha value is -3.67. The van der Waals surface area contributed by atoms with E-state index in [1.54, 1.807) is 18.3 Å². The molecule has 2 unspecified atom stereocenters. The van der Waals surface area contributed by atoms with Gasteiger partial charge in [-0.05, 0) is 97.9 Å². The quantitative estimate of drug-likeness (QED) is 0.191. The van der Waals surface area contributed by atoms with E-state index in [1.807, 2.05) is 14.0 Å². The maximum atomic E-state index is 17.0. The van der Waals surface area contributed by atoms with Crippen LogP contribution in [0.2, 0.25) is 0 Å². The number of benzene rings is 2. The summed E-state index contributed by atoms with van der Waals surface area (Å²) < 4.78 is 50.1. The van der Waals surface area contributed by atoms with Crippen molar-refractivity contribution in [1.29, 1.82) is 0 Å². The van der Waals surface area contributed by atoms with Gasteiger partial charge in [-0.1, -0.05) is 26.3 Å². The number of methoxy groups -OCH3 is 1. The number of hydrogen-bond donors (Lipinski definition) is 1. The number of piperidine rings is 1. The summed E-state index contributed by atoms with van der Waals surface area (Å²) in [5.41, 5.74) is 1.10. The maximum absolute atomic E-state index is 17.0. The number of phenolic OH excluding ortho intramolecular Hbond substituents is 1. The second kappa shape index (κ2) is 13.7. The SMILES string of the molecule is CCc1c(F)ccc2cc(O)cc(-c3ncc4c(N5CCCOCC5)nc(OCC56CCCC5N(CC5(C)CC(OC)C5)CCC6)nc4c3F)c12. The van der Waals surface area contributed by atoms with Gasteiger partial charge in [0.15, 0.2) is 5.82 Å². The topological polar surface area (TPSA) is 93.1 Å². The van der Waals surface area contributed by atoms with E-state index in [2.05, 4.69) is 21.7 Å². The van der Waals surface area contributed by atoms with Crippen LogP contribution in [0.3, 0.4) is 0 Å². The lowest BCUT2D eigenvalue weighted by Gasteiger charge is -2.52. The Morgan fingerprint density at radius 3 is 2.71 bits per heavy atom. The first-order valence-electron chi connectivity index (χ1n) is 18.7. The number of anilines is 1. The molecule has 2 aliphatic heterocycles. The van der Waals surface area contributed by atoms with Gasteiger partial charge in [-0.15, -0.1) is 0 Å². The van der Waals surface area contributed by atoms with Crippen molar-refractivity contribution < 1.29 is 28.1 Å². The average Bonchev–Trinajstić information content (AvgIpc) is 3.37. The fourth-order valence-corrected chi connectivity index (χ4v) is 9.74. The van der Waals surface area contributed by atoms with Gasteiger partial charge in [-0.2, -0.15) is 9.97 Å². The third-order valence-corrected chi connectivity index (χ3v) is 12.2. The van der Waals surface area contributed by atoms with E-state index < -0.39 is 5.82 Å². The number of aryl methyl sites for hydroxylation is 1. The normalized spacial score (nSPS) is 27.0. The number of nitrogens with zero attached hydrogens (tertiary/aromatic N) is 5. The van der Waals surface area contributed by atoms with Crippen LogP contribution in [0.5, 0.6) is 11.8 Å². The number of hydrogen-bond acceptors (Lipinski definition) is 9. The molecule has 4 fully saturated rings. The predicted octanol–water partition coefficient (Wildman–Crippen LogP) is 7.45. The molecule has 2 aliphatic carbocycles.